The van der Waals surface area contributed by atoms with Crippen molar-refractivity contribution in [3.05, 3.63) is 35.9 Å². The maximum Gasteiger partial charge on any atom is -0.00146 e. The van der Waals surface area contributed by atoms with Crippen LogP contribution in [0.5, 0.6) is 0 Å². The predicted octanol–water partition coefficient (Wildman–Crippen LogP) is 2.40. The van der Waals surface area contributed by atoms with Gasteiger partial charge in [-0.15, -0.1) is 0 Å². The van der Waals surface area contributed by atoms with Gasteiger partial charge >= 0.3 is 0 Å². The molecule has 1 N–H and O–H groups in total. The molecule has 1 heteroatoms. The molecule has 0 heterocycles. The normalized spacial score (nSPS) is 25.9. The largest absolute Gasteiger partial charge is 0.317 e. The summed E-state index contributed by atoms with van der Waals surface area (Å²) < 4.78 is 0. The standard InChI is InChI=1S/C12H17N/c1-2-13-9-11-8-12(11)10-6-4-3-5-7-10/h3-7,11-13H,2,8-9H2,1H3. The summed E-state index contributed by atoms with van der Waals surface area (Å²) in [5.74, 6) is 1.72. The first-order valence-electron chi connectivity index (χ1n) is 5.17. The van der Waals surface area contributed by atoms with E-state index in [4.69, 9.17) is 0 Å². The highest BCUT2D eigenvalue weighted by atomic mass is 14.9. The van der Waals surface area contributed by atoms with Crippen LogP contribution in [0.2, 0.25) is 0 Å². The summed E-state index contributed by atoms with van der Waals surface area (Å²) in [5.41, 5.74) is 1.52. The summed E-state index contributed by atoms with van der Waals surface area (Å²) in [6.07, 6.45) is 1.37. The van der Waals surface area contributed by atoms with Crippen molar-refractivity contribution in [2.45, 2.75) is 19.3 Å². The van der Waals surface area contributed by atoms with Crippen LogP contribution in [0, 0.1) is 5.92 Å². The van der Waals surface area contributed by atoms with E-state index in [0.717, 1.165) is 18.4 Å². The van der Waals surface area contributed by atoms with Gasteiger partial charge in [0.2, 0.25) is 0 Å². The molecule has 13 heavy (non-hydrogen) atoms. The zero-order valence-corrected chi connectivity index (χ0v) is 8.16. The third-order valence-corrected chi connectivity index (χ3v) is 2.81. The Morgan fingerprint density at radius 3 is 2.77 bits per heavy atom. The van der Waals surface area contributed by atoms with Gasteiger partial charge in [0.15, 0.2) is 0 Å². The van der Waals surface area contributed by atoms with Crippen molar-refractivity contribution >= 4 is 0 Å². The molecule has 1 aliphatic carbocycles. The second-order valence-electron chi connectivity index (χ2n) is 3.82. The molecule has 2 unspecified atom stereocenters. The molecule has 2 rings (SSSR count). The van der Waals surface area contributed by atoms with E-state index in [2.05, 4.69) is 42.6 Å². The molecule has 1 aliphatic rings. The minimum Gasteiger partial charge on any atom is -0.317 e. The first-order valence-corrected chi connectivity index (χ1v) is 5.17. The van der Waals surface area contributed by atoms with E-state index in [0.29, 0.717) is 0 Å². The maximum atomic E-state index is 3.41. The lowest BCUT2D eigenvalue weighted by Crippen LogP contribution is -2.16. The smallest absolute Gasteiger partial charge is 0.00146 e. The molecular weight excluding hydrogens is 158 g/mol. The number of rotatable bonds is 4. The molecule has 0 spiro atoms. The van der Waals surface area contributed by atoms with Gasteiger partial charge in [-0.25, -0.2) is 0 Å². The minimum atomic E-state index is 0.834. The fourth-order valence-electron chi connectivity index (χ4n) is 1.91. The lowest BCUT2D eigenvalue weighted by molar-refractivity contribution is 0.649. The van der Waals surface area contributed by atoms with Crippen LogP contribution >= 0.6 is 0 Å². The van der Waals surface area contributed by atoms with Crippen LogP contribution in [0.4, 0.5) is 0 Å². The van der Waals surface area contributed by atoms with Crippen LogP contribution in [-0.4, -0.2) is 13.1 Å². The zero-order chi connectivity index (χ0) is 9.10. The molecule has 70 valence electrons. The fourth-order valence-corrected chi connectivity index (χ4v) is 1.91. The van der Waals surface area contributed by atoms with Crippen LogP contribution < -0.4 is 5.32 Å². The monoisotopic (exact) mass is 175 g/mol. The highest BCUT2D eigenvalue weighted by Crippen LogP contribution is 2.46. The molecule has 0 radical (unpaired) electrons. The van der Waals surface area contributed by atoms with Gasteiger partial charge in [0.05, 0.1) is 0 Å². The summed E-state index contributed by atoms with van der Waals surface area (Å²) in [6.45, 7) is 4.45. The van der Waals surface area contributed by atoms with E-state index < -0.39 is 0 Å². The summed E-state index contributed by atoms with van der Waals surface area (Å²) in [4.78, 5) is 0. The van der Waals surface area contributed by atoms with E-state index in [9.17, 15) is 0 Å². The summed E-state index contributed by atoms with van der Waals surface area (Å²) in [7, 11) is 0. The Morgan fingerprint density at radius 1 is 1.31 bits per heavy atom. The van der Waals surface area contributed by atoms with E-state index in [-0.39, 0.29) is 0 Å². The van der Waals surface area contributed by atoms with Crippen molar-refractivity contribution in [3.63, 3.8) is 0 Å². The number of hydrogen-bond donors (Lipinski definition) is 1. The second kappa shape index (κ2) is 3.93. The SMILES string of the molecule is CCNCC1CC1c1ccccc1. The molecule has 1 fully saturated rings. The van der Waals surface area contributed by atoms with Gasteiger partial charge in [0.1, 0.15) is 0 Å². The first kappa shape index (κ1) is 8.76. The molecule has 1 nitrogen and oxygen atoms in total. The summed E-state index contributed by atoms with van der Waals surface area (Å²) >= 11 is 0. The highest BCUT2D eigenvalue weighted by molar-refractivity contribution is 5.25. The third kappa shape index (κ3) is 2.10. The van der Waals surface area contributed by atoms with E-state index >= 15 is 0 Å². The summed E-state index contributed by atoms with van der Waals surface area (Å²) in [6, 6.07) is 10.9. The van der Waals surface area contributed by atoms with Gasteiger partial charge in [0, 0.05) is 0 Å². The molecule has 1 saturated carbocycles. The fraction of sp³-hybridized carbons (Fsp3) is 0.500. The topological polar surface area (TPSA) is 12.0 Å². The van der Waals surface area contributed by atoms with Crippen LogP contribution in [0.1, 0.15) is 24.8 Å². The van der Waals surface area contributed by atoms with Crippen LogP contribution in [0.3, 0.4) is 0 Å². The van der Waals surface area contributed by atoms with Crippen LogP contribution in [0.15, 0.2) is 30.3 Å². The van der Waals surface area contributed by atoms with Gasteiger partial charge in [-0.3, -0.25) is 0 Å². The molecule has 0 aromatic heterocycles. The second-order valence-corrected chi connectivity index (χ2v) is 3.82. The number of benzene rings is 1. The molecule has 0 aliphatic heterocycles. The lowest BCUT2D eigenvalue weighted by atomic mass is 10.1. The highest BCUT2D eigenvalue weighted by Gasteiger charge is 2.37. The average molecular weight is 175 g/mol. The Morgan fingerprint density at radius 2 is 2.08 bits per heavy atom. The predicted molar refractivity (Wildman–Crippen MR) is 55.8 cm³/mol. The van der Waals surface area contributed by atoms with Gasteiger partial charge in [-0.1, -0.05) is 37.3 Å². The van der Waals surface area contributed by atoms with Gasteiger partial charge in [-0.2, -0.15) is 0 Å². The maximum absolute atomic E-state index is 3.41. The molecule has 2 atom stereocenters. The quantitative estimate of drug-likeness (QED) is 0.741. The van der Waals surface area contributed by atoms with Crippen molar-refractivity contribution < 1.29 is 0 Å². The Hall–Kier alpha value is -0.820. The Kier molecular flexibility index (Phi) is 2.65. The van der Waals surface area contributed by atoms with Gasteiger partial charge in [0.25, 0.3) is 0 Å². The Balaban J connectivity index is 1.86. The summed E-state index contributed by atoms with van der Waals surface area (Å²) in [5, 5.41) is 3.41. The molecule has 1 aromatic rings. The van der Waals surface area contributed by atoms with E-state index in [1.165, 1.54) is 18.5 Å². The first-order chi connectivity index (χ1) is 6.42. The lowest BCUT2D eigenvalue weighted by Gasteiger charge is -2.00. The Labute approximate surface area is 80.2 Å². The van der Waals surface area contributed by atoms with Crippen LogP contribution in [0.25, 0.3) is 0 Å². The van der Waals surface area contributed by atoms with Crippen LogP contribution in [-0.2, 0) is 0 Å². The van der Waals surface area contributed by atoms with Gasteiger partial charge < -0.3 is 5.32 Å². The molecule has 0 saturated heterocycles. The average Bonchev–Trinajstić information content (AvgIpc) is 2.95. The molecular formula is C12H17N. The van der Waals surface area contributed by atoms with Crippen molar-refractivity contribution in [2.75, 3.05) is 13.1 Å². The number of hydrogen-bond acceptors (Lipinski definition) is 1. The third-order valence-electron chi connectivity index (χ3n) is 2.81. The zero-order valence-electron chi connectivity index (χ0n) is 8.16. The molecule has 1 aromatic carbocycles. The van der Waals surface area contributed by atoms with Gasteiger partial charge in [-0.05, 0) is 36.9 Å². The van der Waals surface area contributed by atoms with E-state index in [1.807, 2.05) is 0 Å². The van der Waals surface area contributed by atoms with Crippen molar-refractivity contribution in [2.24, 2.45) is 5.92 Å². The molecule has 0 bridgehead atoms. The van der Waals surface area contributed by atoms with E-state index in [1.54, 1.807) is 0 Å². The number of nitrogens with one attached hydrogen (secondary N) is 1. The van der Waals surface area contributed by atoms with Crippen molar-refractivity contribution in [1.82, 2.24) is 5.32 Å². The molecule has 0 amide bonds. The van der Waals surface area contributed by atoms with Crippen molar-refractivity contribution in [3.8, 4) is 0 Å². The Bertz CT molecular complexity index is 255. The van der Waals surface area contributed by atoms with Crippen molar-refractivity contribution in [1.29, 1.82) is 0 Å². The minimum absolute atomic E-state index is 0.834.